The van der Waals surface area contributed by atoms with Gasteiger partial charge < -0.3 is 5.73 Å². The van der Waals surface area contributed by atoms with E-state index in [-0.39, 0.29) is 11.5 Å². The molecule has 0 aliphatic heterocycles. The molecule has 2 rings (SSSR count). The summed E-state index contributed by atoms with van der Waals surface area (Å²) in [6.45, 7) is 3.86. The third-order valence-electron chi connectivity index (χ3n) is 4.22. The Morgan fingerprint density at radius 3 is 2.39 bits per heavy atom. The molecule has 1 aliphatic carbocycles. The van der Waals surface area contributed by atoms with Gasteiger partial charge >= 0.3 is 0 Å². The van der Waals surface area contributed by atoms with E-state index in [2.05, 4.69) is 6.92 Å². The zero-order valence-corrected chi connectivity index (χ0v) is 11.0. The Morgan fingerprint density at radius 1 is 1.17 bits per heavy atom. The van der Waals surface area contributed by atoms with Crippen molar-refractivity contribution in [1.82, 2.24) is 0 Å². The predicted molar refractivity (Wildman–Crippen MR) is 69.1 cm³/mol. The molecule has 1 unspecified atom stereocenters. The van der Waals surface area contributed by atoms with Gasteiger partial charge in [0.1, 0.15) is 11.6 Å². The Balaban J connectivity index is 2.23. The van der Waals surface area contributed by atoms with E-state index in [0.29, 0.717) is 11.5 Å². The normalized spacial score (nSPS) is 26.1. The molecule has 0 amide bonds. The Kier molecular flexibility index (Phi) is 4.00. The minimum Gasteiger partial charge on any atom is -0.324 e. The summed E-state index contributed by atoms with van der Waals surface area (Å²) in [6, 6.07) is 2.26. The zero-order chi connectivity index (χ0) is 13.3. The first-order valence-electron chi connectivity index (χ1n) is 6.70. The van der Waals surface area contributed by atoms with Crippen molar-refractivity contribution < 1.29 is 8.78 Å². The van der Waals surface area contributed by atoms with E-state index in [1.165, 1.54) is 12.1 Å². The average Bonchev–Trinajstić information content (AvgIpc) is 2.35. The lowest BCUT2D eigenvalue weighted by Crippen LogP contribution is -2.27. The standard InChI is InChI=1S/C15H21F2N/c1-9-3-6-11(7-4-9)15(18)13-12(16)8-5-10(2)14(13)17/h5,8-9,11,15H,3-4,6-7,18H2,1-2H3. The average molecular weight is 253 g/mol. The van der Waals surface area contributed by atoms with Crippen molar-refractivity contribution in [3.63, 3.8) is 0 Å². The van der Waals surface area contributed by atoms with Crippen molar-refractivity contribution in [1.29, 1.82) is 0 Å². The van der Waals surface area contributed by atoms with Crippen LogP contribution in [0.1, 0.15) is 49.8 Å². The predicted octanol–water partition coefficient (Wildman–Crippen LogP) is 4.10. The smallest absolute Gasteiger partial charge is 0.133 e. The summed E-state index contributed by atoms with van der Waals surface area (Å²) in [7, 11) is 0. The fourth-order valence-electron chi connectivity index (χ4n) is 2.86. The quantitative estimate of drug-likeness (QED) is 0.843. The first-order chi connectivity index (χ1) is 8.50. The first-order valence-corrected chi connectivity index (χ1v) is 6.70. The third kappa shape index (κ3) is 2.56. The molecule has 0 radical (unpaired) electrons. The first kappa shape index (κ1) is 13.5. The van der Waals surface area contributed by atoms with Crippen molar-refractivity contribution >= 4 is 0 Å². The van der Waals surface area contributed by atoms with E-state index in [1.807, 2.05) is 0 Å². The largest absolute Gasteiger partial charge is 0.324 e. The molecule has 3 heteroatoms. The highest BCUT2D eigenvalue weighted by molar-refractivity contribution is 5.29. The van der Waals surface area contributed by atoms with E-state index in [4.69, 9.17) is 5.73 Å². The fourth-order valence-corrected chi connectivity index (χ4v) is 2.86. The minimum absolute atomic E-state index is 0.0783. The van der Waals surface area contributed by atoms with Gasteiger partial charge in [-0.15, -0.1) is 0 Å². The van der Waals surface area contributed by atoms with Gasteiger partial charge in [0.05, 0.1) is 0 Å². The maximum Gasteiger partial charge on any atom is 0.133 e. The summed E-state index contributed by atoms with van der Waals surface area (Å²) >= 11 is 0. The molecule has 0 heterocycles. The molecule has 1 aromatic carbocycles. The van der Waals surface area contributed by atoms with Gasteiger partial charge in [0.25, 0.3) is 0 Å². The van der Waals surface area contributed by atoms with Gasteiger partial charge in [-0.3, -0.25) is 0 Å². The maximum atomic E-state index is 14.0. The number of nitrogens with two attached hydrogens (primary N) is 1. The summed E-state index contributed by atoms with van der Waals surface area (Å²) in [6.07, 6.45) is 4.14. The molecule has 1 saturated carbocycles. The molecule has 1 atom stereocenters. The molecule has 1 nitrogen and oxygen atoms in total. The summed E-state index contributed by atoms with van der Waals surface area (Å²) in [5.41, 5.74) is 6.65. The highest BCUT2D eigenvalue weighted by Crippen LogP contribution is 2.37. The molecule has 0 bridgehead atoms. The van der Waals surface area contributed by atoms with Crippen molar-refractivity contribution in [2.75, 3.05) is 0 Å². The molecule has 100 valence electrons. The van der Waals surface area contributed by atoms with Crippen LogP contribution >= 0.6 is 0 Å². The van der Waals surface area contributed by atoms with Crippen LogP contribution < -0.4 is 5.73 Å². The van der Waals surface area contributed by atoms with Crippen LogP contribution in [0.4, 0.5) is 8.78 Å². The van der Waals surface area contributed by atoms with E-state index in [9.17, 15) is 8.78 Å². The second kappa shape index (κ2) is 5.35. The van der Waals surface area contributed by atoms with E-state index >= 15 is 0 Å². The molecule has 1 aliphatic rings. The molecule has 0 spiro atoms. The highest BCUT2D eigenvalue weighted by atomic mass is 19.1. The third-order valence-corrected chi connectivity index (χ3v) is 4.22. The van der Waals surface area contributed by atoms with Crippen LogP contribution in [0, 0.1) is 30.4 Å². The van der Waals surface area contributed by atoms with Crippen LogP contribution in [-0.2, 0) is 0 Å². The van der Waals surface area contributed by atoms with E-state index < -0.39 is 17.7 Å². The van der Waals surface area contributed by atoms with Crippen molar-refractivity contribution in [2.45, 2.75) is 45.6 Å². The second-order valence-electron chi connectivity index (χ2n) is 5.64. The second-order valence-corrected chi connectivity index (χ2v) is 5.64. The maximum absolute atomic E-state index is 14.0. The van der Waals surface area contributed by atoms with Crippen LogP contribution in [0.2, 0.25) is 0 Å². The number of aryl methyl sites for hydroxylation is 1. The van der Waals surface area contributed by atoms with Gasteiger partial charge in [0, 0.05) is 11.6 Å². The number of hydrogen-bond acceptors (Lipinski definition) is 1. The lowest BCUT2D eigenvalue weighted by Gasteiger charge is -2.31. The van der Waals surface area contributed by atoms with Gasteiger partial charge in [-0.25, -0.2) is 8.78 Å². The van der Waals surface area contributed by atoms with Crippen molar-refractivity contribution in [2.24, 2.45) is 17.6 Å². The Bertz CT molecular complexity index is 423. The summed E-state index contributed by atoms with van der Waals surface area (Å²) in [4.78, 5) is 0. The number of benzene rings is 1. The van der Waals surface area contributed by atoms with Crippen LogP contribution in [0.25, 0.3) is 0 Å². The number of halogens is 2. The van der Waals surface area contributed by atoms with Gasteiger partial charge in [-0.05, 0) is 43.2 Å². The van der Waals surface area contributed by atoms with Gasteiger partial charge in [0.2, 0.25) is 0 Å². The number of rotatable bonds is 2. The zero-order valence-electron chi connectivity index (χ0n) is 11.0. The van der Waals surface area contributed by atoms with E-state index in [1.54, 1.807) is 6.92 Å². The molecule has 18 heavy (non-hydrogen) atoms. The summed E-state index contributed by atoms with van der Waals surface area (Å²) in [5, 5.41) is 0. The lowest BCUT2D eigenvalue weighted by molar-refractivity contribution is 0.250. The van der Waals surface area contributed by atoms with Crippen LogP contribution in [-0.4, -0.2) is 0 Å². The molecule has 1 aromatic rings. The van der Waals surface area contributed by atoms with Crippen LogP contribution in [0.3, 0.4) is 0 Å². The lowest BCUT2D eigenvalue weighted by atomic mass is 9.77. The fraction of sp³-hybridized carbons (Fsp3) is 0.600. The molecule has 0 aromatic heterocycles. The topological polar surface area (TPSA) is 26.0 Å². The van der Waals surface area contributed by atoms with Gasteiger partial charge in [-0.2, -0.15) is 0 Å². The Morgan fingerprint density at radius 2 is 1.78 bits per heavy atom. The number of hydrogen-bond donors (Lipinski definition) is 1. The molecular formula is C15H21F2N. The van der Waals surface area contributed by atoms with Crippen LogP contribution in [0.15, 0.2) is 12.1 Å². The molecular weight excluding hydrogens is 232 g/mol. The molecule has 2 N–H and O–H groups in total. The van der Waals surface area contributed by atoms with E-state index in [0.717, 1.165) is 25.7 Å². The van der Waals surface area contributed by atoms with Crippen LogP contribution in [0.5, 0.6) is 0 Å². The molecule has 0 saturated heterocycles. The van der Waals surface area contributed by atoms with Crippen molar-refractivity contribution in [3.8, 4) is 0 Å². The van der Waals surface area contributed by atoms with Gasteiger partial charge in [0.15, 0.2) is 0 Å². The highest BCUT2D eigenvalue weighted by Gasteiger charge is 2.28. The Labute approximate surface area is 107 Å². The minimum atomic E-state index is -0.516. The summed E-state index contributed by atoms with van der Waals surface area (Å²) in [5.74, 6) is -0.0713. The summed E-state index contributed by atoms with van der Waals surface area (Å²) < 4.78 is 27.8. The van der Waals surface area contributed by atoms with Gasteiger partial charge in [-0.1, -0.05) is 25.8 Å². The SMILES string of the molecule is Cc1ccc(F)c(C(N)C2CCC(C)CC2)c1F. The molecule has 1 fully saturated rings. The van der Waals surface area contributed by atoms with Crippen molar-refractivity contribution in [3.05, 3.63) is 34.9 Å². The Hall–Kier alpha value is -0.960. The monoisotopic (exact) mass is 253 g/mol.